The van der Waals surface area contributed by atoms with Crippen molar-refractivity contribution in [2.24, 2.45) is 0 Å². The zero-order valence-electron chi connectivity index (χ0n) is 23.0. The molecule has 0 heterocycles. The number of nitrogens with zero attached hydrogens (tertiary/aromatic N) is 1. The lowest BCUT2D eigenvalue weighted by Crippen LogP contribution is -2.58. The highest BCUT2D eigenvalue weighted by Gasteiger charge is 2.42. The zero-order chi connectivity index (χ0) is 26.4. The summed E-state index contributed by atoms with van der Waals surface area (Å²) in [6.07, 6.45) is 1.10. The van der Waals surface area contributed by atoms with Crippen molar-refractivity contribution in [1.29, 1.82) is 0 Å². The fourth-order valence-corrected chi connectivity index (χ4v) is 4.06. The van der Waals surface area contributed by atoms with E-state index in [1.807, 2.05) is 59.7 Å². The molecule has 3 amide bonds. The van der Waals surface area contributed by atoms with Crippen LogP contribution in [0.1, 0.15) is 97.9 Å². The molecule has 0 bridgehead atoms. The average molecular weight is 476 g/mol. The molecule has 2 N–H and O–H groups in total. The number of carbonyl (C=O) groups excluding carboxylic acids is 3. The van der Waals surface area contributed by atoms with E-state index >= 15 is 0 Å². The summed E-state index contributed by atoms with van der Waals surface area (Å²) in [5.41, 5.74) is 1.27. The van der Waals surface area contributed by atoms with Crippen molar-refractivity contribution in [3.63, 3.8) is 0 Å². The van der Waals surface area contributed by atoms with Gasteiger partial charge in [-0.2, -0.15) is 0 Å². The first-order valence-corrected chi connectivity index (χ1v) is 12.2. The summed E-state index contributed by atoms with van der Waals surface area (Å²) in [4.78, 5) is 41.5. The third-order valence-electron chi connectivity index (χ3n) is 5.50. The van der Waals surface area contributed by atoms with Gasteiger partial charge in [0, 0.05) is 11.6 Å². The summed E-state index contributed by atoms with van der Waals surface area (Å²) in [7, 11) is 0. The molecule has 7 heteroatoms. The van der Waals surface area contributed by atoms with E-state index in [4.69, 9.17) is 4.74 Å². The van der Waals surface area contributed by atoms with Crippen LogP contribution in [0.15, 0.2) is 18.2 Å². The molecular weight excluding hydrogens is 430 g/mol. The lowest BCUT2D eigenvalue weighted by Gasteiger charge is -2.43. The summed E-state index contributed by atoms with van der Waals surface area (Å²) < 4.78 is 5.33. The highest BCUT2D eigenvalue weighted by Crippen LogP contribution is 2.33. The number of carbonyl (C=O) groups is 3. The van der Waals surface area contributed by atoms with E-state index in [2.05, 4.69) is 17.6 Å². The molecule has 1 aromatic carbocycles. The smallest absolute Gasteiger partial charge is 0.408 e. The molecule has 0 fully saturated rings. The van der Waals surface area contributed by atoms with Gasteiger partial charge in [-0.05, 0) is 92.3 Å². The van der Waals surface area contributed by atoms with E-state index in [1.54, 1.807) is 32.6 Å². The second-order valence-corrected chi connectivity index (χ2v) is 11.2. The van der Waals surface area contributed by atoms with Gasteiger partial charge in [-0.25, -0.2) is 4.79 Å². The lowest BCUT2D eigenvalue weighted by atomic mass is 9.90. The Bertz CT molecular complexity index is 847. The minimum atomic E-state index is -0.887. The number of hydrogen-bond acceptors (Lipinski definition) is 4. The normalized spacial score (nSPS) is 14.6. The Labute approximate surface area is 206 Å². The van der Waals surface area contributed by atoms with Crippen molar-refractivity contribution in [3.8, 4) is 0 Å². The van der Waals surface area contributed by atoms with Gasteiger partial charge in [-0.15, -0.1) is 0 Å². The summed E-state index contributed by atoms with van der Waals surface area (Å²) in [6.45, 7) is 20.5. The monoisotopic (exact) mass is 475 g/mol. The maximum Gasteiger partial charge on any atom is 0.408 e. The molecule has 0 saturated heterocycles. The summed E-state index contributed by atoms with van der Waals surface area (Å²) in [6, 6.07) is 4.08. The van der Waals surface area contributed by atoms with Crippen LogP contribution in [-0.4, -0.2) is 46.0 Å². The topological polar surface area (TPSA) is 87.7 Å². The van der Waals surface area contributed by atoms with Gasteiger partial charge in [-0.3, -0.25) is 9.59 Å². The van der Waals surface area contributed by atoms with Gasteiger partial charge in [0.25, 0.3) is 0 Å². The molecule has 0 aromatic heterocycles. The first-order valence-electron chi connectivity index (χ1n) is 12.2. The van der Waals surface area contributed by atoms with Crippen molar-refractivity contribution in [2.75, 3.05) is 0 Å². The van der Waals surface area contributed by atoms with Crippen molar-refractivity contribution in [1.82, 2.24) is 15.5 Å². The first-order chi connectivity index (χ1) is 15.5. The van der Waals surface area contributed by atoms with Crippen LogP contribution >= 0.6 is 0 Å². The lowest BCUT2D eigenvalue weighted by molar-refractivity contribution is -0.148. The molecule has 1 rings (SSSR count). The van der Waals surface area contributed by atoms with Crippen LogP contribution in [0.3, 0.4) is 0 Å². The Balaban J connectivity index is 3.51. The molecule has 3 unspecified atom stereocenters. The third-order valence-corrected chi connectivity index (χ3v) is 5.50. The van der Waals surface area contributed by atoms with Crippen LogP contribution in [0, 0.1) is 13.8 Å². The Morgan fingerprint density at radius 2 is 1.50 bits per heavy atom. The van der Waals surface area contributed by atoms with Gasteiger partial charge in [-0.1, -0.05) is 31.5 Å². The molecule has 0 radical (unpaired) electrons. The van der Waals surface area contributed by atoms with E-state index in [0.717, 1.165) is 29.5 Å². The fraction of sp³-hybridized carbons (Fsp3) is 0.667. The molecule has 0 saturated carbocycles. The number of benzene rings is 1. The SMILES string of the molecule is CCCC(C)NC(=O)C(c1c(C)cccc1C)N(C(=O)C(C)NC(=O)OC(C)(C)C)C(C)(C)C. The molecule has 0 spiro atoms. The number of nitrogens with one attached hydrogen (secondary N) is 2. The summed E-state index contributed by atoms with van der Waals surface area (Å²) in [5, 5.41) is 5.75. The third kappa shape index (κ3) is 8.33. The van der Waals surface area contributed by atoms with Crippen LogP contribution in [-0.2, 0) is 14.3 Å². The Morgan fingerprint density at radius 3 is 1.94 bits per heavy atom. The van der Waals surface area contributed by atoms with Gasteiger partial charge in [0.2, 0.25) is 11.8 Å². The highest BCUT2D eigenvalue weighted by molar-refractivity contribution is 5.93. The van der Waals surface area contributed by atoms with E-state index in [1.165, 1.54) is 0 Å². The second-order valence-electron chi connectivity index (χ2n) is 11.2. The minimum Gasteiger partial charge on any atom is -0.444 e. The average Bonchev–Trinajstić information content (AvgIpc) is 2.64. The first kappa shape index (κ1) is 29.5. The van der Waals surface area contributed by atoms with Crippen molar-refractivity contribution in [2.45, 2.75) is 118 Å². The van der Waals surface area contributed by atoms with Gasteiger partial charge in [0.15, 0.2) is 0 Å². The molecule has 1 aromatic rings. The van der Waals surface area contributed by atoms with Crippen molar-refractivity contribution < 1.29 is 19.1 Å². The second kappa shape index (κ2) is 11.7. The van der Waals surface area contributed by atoms with Crippen LogP contribution in [0.4, 0.5) is 4.79 Å². The quantitative estimate of drug-likeness (QED) is 0.542. The van der Waals surface area contributed by atoms with Crippen LogP contribution in [0.25, 0.3) is 0 Å². The number of rotatable bonds is 8. The highest BCUT2D eigenvalue weighted by atomic mass is 16.6. The van der Waals surface area contributed by atoms with Gasteiger partial charge < -0.3 is 20.3 Å². The molecule has 3 atom stereocenters. The molecule has 7 nitrogen and oxygen atoms in total. The number of aryl methyl sites for hydroxylation is 2. The van der Waals surface area contributed by atoms with Crippen molar-refractivity contribution >= 4 is 17.9 Å². The summed E-state index contributed by atoms with van der Waals surface area (Å²) >= 11 is 0. The van der Waals surface area contributed by atoms with E-state index in [-0.39, 0.29) is 17.9 Å². The fourth-order valence-electron chi connectivity index (χ4n) is 4.06. The van der Waals surface area contributed by atoms with E-state index < -0.39 is 29.3 Å². The maximum absolute atomic E-state index is 13.8. The number of amides is 3. The minimum absolute atomic E-state index is 0.0291. The molecular formula is C27H45N3O4. The summed E-state index contributed by atoms with van der Waals surface area (Å²) in [5.74, 6) is -0.588. The zero-order valence-corrected chi connectivity index (χ0v) is 23.0. The standard InChI is InChI=1S/C27H45N3O4/c1-12-14-19(4)28-23(31)22(21-17(2)15-13-16-18(21)3)30(26(6,7)8)24(32)20(5)29-25(33)34-27(9,10)11/h13,15-16,19-20,22H,12,14H2,1-11H3,(H,28,31)(H,29,33). The molecule has 34 heavy (non-hydrogen) atoms. The molecule has 0 aliphatic heterocycles. The van der Waals surface area contributed by atoms with Gasteiger partial charge in [0.1, 0.15) is 17.7 Å². The molecule has 0 aliphatic carbocycles. The number of alkyl carbamates (subject to hydrolysis) is 1. The Kier molecular flexibility index (Phi) is 10.2. The number of ether oxygens (including phenoxy) is 1. The van der Waals surface area contributed by atoms with Crippen LogP contribution in [0.2, 0.25) is 0 Å². The van der Waals surface area contributed by atoms with E-state index in [9.17, 15) is 14.4 Å². The van der Waals surface area contributed by atoms with Gasteiger partial charge >= 0.3 is 6.09 Å². The predicted molar refractivity (Wildman–Crippen MR) is 137 cm³/mol. The molecule has 0 aliphatic rings. The van der Waals surface area contributed by atoms with Crippen LogP contribution in [0.5, 0.6) is 0 Å². The Morgan fingerprint density at radius 1 is 0.971 bits per heavy atom. The van der Waals surface area contributed by atoms with Crippen molar-refractivity contribution in [3.05, 3.63) is 34.9 Å². The Hall–Kier alpha value is -2.57. The molecule has 192 valence electrons. The van der Waals surface area contributed by atoms with E-state index in [0.29, 0.717) is 0 Å². The van der Waals surface area contributed by atoms with Crippen LogP contribution < -0.4 is 10.6 Å². The van der Waals surface area contributed by atoms with Gasteiger partial charge in [0.05, 0.1) is 0 Å². The number of hydrogen-bond donors (Lipinski definition) is 2. The predicted octanol–water partition coefficient (Wildman–Crippen LogP) is 5.19. The maximum atomic E-state index is 13.8. The largest absolute Gasteiger partial charge is 0.444 e.